The lowest BCUT2D eigenvalue weighted by Crippen LogP contribution is -2.41. The first-order valence-electron chi connectivity index (χ1n) is 13.1. The highest BCUT2D eigenvalue weighted by molar-refractivity contribution is 7.09. The summed E-state index contributed by atoms with van der Waals surface area (Å²) in [6.45, 7) is 5.28. The number of aryl methyl sites for hydroxylation is 1. The fraction of sp³-hybridized carbons (Fsp3) is 0.414. The second-order valence-corrected chi connectivity index (χ2v) is 11.1. The number of aromatic hydroxyl groups is 1. The highest BCUT2D eigenvalue weighted by Gasteiger charge is 2.33. The van der Waals surface area contributed by atoms with Crippen molar-refractivity contribution in [3.8, 4) is 5.75 Å². The Balaban J connectivity index is 1.30. The van der Waals surface area contributed by atoms with Gasteiger partial charge in [-0.15, -0.1) is 11.3 Å². The molecule has 1 aliphatic heterocycles. The highest BCUT2D eigenvalue weighted by Crippen LogP contribution is 2.35. The van der Waals surface area contributed by atoms with Gasteiger partial charge in [-0.25, -0.2) is 4.98 Å². The van der Waals surface area contributed by atoms with Gasteiger partial charge in [0.15, 0.2) is 0 Å². The summed E-state index contributed by atoms with van der Waals surface area (Å²) in [5.74, 6) is -0.168. The van der Waals surface area contributed by atoms with E-state index in [1.165, 1.54) is 0 Å². The number of nitrogens with one attached hydrogen (secondary N) is 2. The van der Waals surface area contributed by atoms with E-state index in [4.69, 9.17) is 0 Å². The number of phenolic OH excluding ortho intramolecular Hbond substituents is 1. The van der Waals surface area contributed by atoms with Crippen LogP contribution in [0.2, 0.25) is 0 Å². The van der Waals surface area contributed by atoms with E-state index in [0.717, 1.165) is 41.9 Å². The number of para-hydroxylation sites is 1. The monoisotopic (exact) mass is 518 g/mol. The molecular formula is C29H34N4O3S. The molecule has 37 heavy (non-hydrogen) atoms. The fourth-order valence-corrected chi connectivity index (χ4v) is 6.02. The molecule has 0 radical (unpaired) electrons. The van der Waals surface area contributed by atoms with Gasteiger partial charge in [-0.1, -0.05) is 24.3 Å². The number of aromatic nitrogens is 1. The Kier molecular flexibility index (Phi) is 7.58. The molecule has 3 atom stereocenters. The van der Waals surface area contributed by atoms with Crippen LogP contribution in [-0.2, 0) is 0 Å². The zero-order valence-electron chi connectivity index (χ0n) is 21.3. The van der Waals surface area contributed by atoms with Crippen LogP contribution < -0.4 is 10.6 Å². The number of carbonyl (C=O) groups is 2. The van der Waals surface area contributed by atoms with Gasteiger partial charge in [0.1, 0.15) is 10.8 Å². The molecule has 2 aliphatic rings. The van der Waals surface area contributed by atoms with Gasteiger partial charge < -0.3 is 20.6 Å². The molecule has 2 fully saturated rings. The summed E-state index contributed by atoms with van der Waals surface area (Å²) in [6.07, 6.45) is 4.17. The molecule has 1 aliphatic carbocycles. The SMILES string of the molecule is Cc1csc([C@H]2CCCN2C(=O)c2cccc(C(=O)N[C@@H](C)[C@@H](CNC3CC3)c3ccccc3O)c2)n1. The molecule has 194 valence electrons. The number of thiazole rings is 1. The molecule has 1 saturated carbocycles. The van der Waals surface area contributed by atoms with Crippen LogP contribution in [0.1, 0.15) is 81.5 Å². The number of likely N-dealkylation sites (tertiary alicyclic amines) is 1. The lowest BCUT2D eigenvalue weighted by Gasteiger charge is -2.27. The first-order valence-corrected chi connectivity index (χ1v) is 13.9. The van der Waals surface area contributed by atoms with Crippen molar-refractivity contribution in [3.63, 3.8) is 0 Å². The van der Waals surface area contributed by atoms with Crippen molar-refractivity contribution >= 4 is 23.2 Å². The zero-order chi connectivity index (χ0) is 25.9. The largest absolute Gasteiger partial charge is 0.508 e. The van der Waals surface area contributed by atoms with Crippen LogP contribution in [0.15, 0.2) is 53.9 Å². The summed E-state index contributed by atoms with van der Waals surface area (Å²) < 4.78 is 0. The van der Waals surface area contributed by atoms with Gasteiger partial charge in [-0.2, -0.15) is 0 Å². The molecule has 1 aromatic heterocycles. The lowest BCUT2D eigenvalue weighted by atomic mass is 9.91. The summed E-state index contributed by atoms with van der Waals surface area (Å²) in [5.41, 5.74) is 2.74. The summed E-state index contributed by atoms with van der Waals surface area (Å²) in [4.78, 5) is 33.2. The Morgan fingerprint density at radius 1 is 1.14 bits per heavy atom. The third-order valence-electron chi connectivity index (χ3n) is 7.31. The molecule has 2 amide bonds. The van der Waals surface area contributed by atoms with Crippen LogP contribution in [0, 0.1) is 6.92 Å². The Labute approximate surface area is 221 Å². The minimum atomic E-state index is -0.234. The molecule has 5 rings (SSSR count). The number of hydrogen-bond acceptors (Lipinski definition) is 6. The zero-order valence-corrected chi connectivity index (χ0v) is 22.1. The smallest absolute Gasteiger partial charge is 0.254 e. The maximum Gasteiger partial charge on any atom is 0.254 e. The van der Waals surface area contributed by atoms with E-state index >= 15 is 0 Å². The number of phenols is 1. The quantitative estimate of drug-likeness (QED) is 0.379. The molecule has 8 heteroatoms. The van der Waals surface area contributed by atoms with Gasteiger partial charge >= 0.3 is 0 Å². The molecule has 2 heterocycles. The molecule has 1 saturated heterocycles. The predicted molar refractivity (Wildman–Crippen MR) is 145 cm³/mol. The van der Waals surface area contributed by atoms with Crippen LogP contribution in [-0.4, -0.2) is 52.0 Å². The van der Waals surface area contributed by atoms with Crippen LogP contribution in [0.3, 0.4) is 0 Å². The number of nitrogens with zero attached hydrogens (tertiary/aromatic N) is 2. The van der Waals surface area contributed by atoms with Gasteiger partial charge in [-0.05, 0) is 63.8 Å². The summed E-state index contributed by atoms with van der Waals surface area (Å²) in [6, 6.07) is 14.5. The Morgan fingerprint density at radius 2 is 1.92 bits per heavy atom. The fourth-order valence-electron chi connectivity index (χ4n) is 5.08. The molecular weight excluding hydrogens is 484 g/mol. The van der Waals surface area contributed by atoms with Crippen LogP contribution in [0.5, 0.6) is 5.75 Å². The molecule has 0 spiro atoms. The maximum atomic E-state index is 13.5. The van der Waals surface area contributed by atoms with Crippen molar-refractivity contribution in [2.75, 3.05) is 13.1 Å². The van der Waals surface area contributed by atoms with Gasteiger partial charge in [0.25, 0.3) is 11.8 Å². The predicted octanol–water partition coefficient (Wildman–Crippen LogP) is 4.79. The van der Waals surface area contributed by atoms with E-state index in [-0.39, 0.29) is 35.6 Å². The van der Waals surface area contributed by atoms with Gasteiger partial charge in [-0.3, -0.25) is 9.59 Å². The van der Waals surface area contributed by atoms with Crippen molar-refractivity contribution in [2.24, 2.45) is 0 Å². The van der Waals surface area contributed by atoms with Crippen LogP contribution in [0.25, 0.3) is 0 Å². The number of amides is 2. The first kappa shape index (κ1) is 25.4. The van der Waals surface area contributed by atoms with Crippen molar-refractivity contribution < 1.29 is 14.7 Å². The standard InChI is InChI=1S/C29H34N4O3S/c1-18-17-37-28(31-18)25-10-6-14-33(25)29(36)21-8-5-7-20(15-21)27(35)32-19(2)24(16-30-22-12-13-22)23-9-3-4-11-26(23)34/h3-5,7-9,11,15,17,19,22,24-25,30,34H,6,10,12-14,16H2,1-2H3,(H,32,35)/t19-,24+,25+/m0/s1. The number of benzene rings is 2. The van der Waals surface area contributed by atoms with Crippen LogP contribution in [0.4, 0.5) is 0 Å². The van der Waals surface area contributed by atoms with Crippen LogP contribution >= 0.6 is 11.3 Å². The summed E-state index contributed by atoms with van der Waals surface area (Å²) in [5, 5.41) is 20.1. The second kappa shape index (κ2) is 11.0. The summed E-state index contributed by atoms with van der Waals surface area (Å²) >= 11 is 1.60. The number of rotatable bonds is 9. The lowest BCUT2D eigenvalue weighted by molar-refractivity contribution is 0.0735. The Morgan fingerprint density at radius 3 is 2.65 bits per heavy atom. The maximum absolute atomic E-state index is 13.5. The van der Waals surface area contributed by atoms with Crippen molar-refractivity contribution in [3.05, 3.63) is 81.3 Å². The molecule has 0 bridgehead atoms. The number of carbonyl (C=O) groups excluding carboxylic acids is 2. The Bertz CT molecular complexity index is 1270. The second-order valence-electron chi connectivity index (χ2n) is 10.2. The third-order valence-corrected chi connectivity index (χ3v) is 8.37. The molecule has 0 unspecified atom stereocenters. The van der Waals surface area contributed by atoms with Gasteiger partial charge in [0.2, 0.25) is 0 Å². The van der Waals surface area contributed by atoms with Crippen molar-refractivity contribution in [2.45, 2.75) is 63.6 Å². The van der Waals surface area contributed by atoms with Crippen molar-refractivity contribution in [1.82, 2.24) is 20.5 Å². The van der Waals surface area contributed by atoms with E-state index in [2.05, 4.69) is 15.6 Å². The minimum Gasteiger partial charge on any atom is -0.508 e. The molecule has 3 aromatic rings. The van der Waals surface area contributed by atoms with E-state index in [1.807, 2.05) is 36.3 Å². The molecule has 2 aromatic carbocycles. The molecule has 7 nitrogen and oxygen atoms in total. The average molecular weight is 519 g/mol. The first-order chi connectivity index (χ1) is 17.9. The van der Waals surface area contributed by atoms with E-state index < -0.39 is 0 Å². The normalized spacial score (nSPS) is 19.0. The van der Waals surface area contributed by atoms with E-state index in [1.54, 1.807) is 47.7 Å². The van der Waals surface area contributed by atoms with E-state index in [9.17, 15) is 14.7 Å². The topological polar surface area (TPSA) is 94.6 Å². The highest BCUT2D eigenvalue weighted by atomic mass is 32.1. The van der Waals surface area contributed by atoms with Crippen molar-refractivity contribution in [1.29, 1.82) is 0 Å². The summed E-state index contributed by atoms with van der Waals surface area (Å²) in [7, 11) is 0. The minimum absolute atomic E-state index is 0.0121. The van der Waals surface area contributed by atoms with Gasteiger partial charge in [0, 0.05) is 58.9 Å². The number of hydrogen-bond donors (Lipinski definition) is 3. The van der Waals surface area contributed by atoms with Gasteiger partial charge in [0.05, 0.1) is 6.04 Å². The van der Waals surface area contributed by atoms with E-state index in [0.29, 0.717) is 30.3 Å². The third kappa shape index (κ3) is 5.86. The Hall–Kier alpha value is -3.23. The average Bonchev–Trinajstić information content (AvgIpc) is 3.41. The molecule has 3 N–H and O–H groups in total.